The van der Waals surface area contributed by atoms with E-state index >= 15 is 0 Å². The van der Waals surface area contributed by atoms with Crippen LogP contribution >= 0.6 is 11.3 Å². The van der Waals surface area contributed by atoms with Crippen molar-refractivity contribution in [2.45, 2.75) is 18.5 Å². The fraction of sp³-hybridized carbons (Fsp3) is 0.364. The van der Waals surface area contributed by atoms with Crippen LogP contribution in [0.2, 0.25) is 0 Å². The summed E-state index contributed by atoms with van der Waals surface area (Å²) >= 11 is 1.46. The summed E-state index contributed by atoms with van der Waals surface area (Å²) in [4.78, 5) is 35.1. The molecule has 0 bridgehead atoms. The van der Waals surface area contributed by atoms with Gasteiger partial charge in [-0.3, -0.25) is 9.59 Å². The fourth-order valence-corrected chi connectivity index (χ4v) is 2.35. The zero-order valence-corrected chi connectivity index (χ0v) is 10.5. The third-order valence-corrected chi connectivity index (χ3v) is 3.48. The highest BCUT2D eigenvalue weighted by Gasteiger charge is 2.45. The number of rotatable bonds is 4. The number of hydrogen-bond donors (Lipinski definition) is 2. The molecule has 0 saturated carbocycles. The SMILES string of the molecule is COC(=O)C1NC(=O)C1NC(=O)Cc1cccs1. The molecule has 0 radical (unpaired) electrons. The molecule has 1 aromatic heterocycles. The molecule has 7 heteroatoms. The first-order chi connectivity index (χ1) is 8.61. The van der Waals surface area contributed by atoms with Crippen molar-refractivity contribution in [3.63, 3.8) is 0 Å². The summed E-state index contributed by atoms with van der Waals surface area (Å²) < 4.78 is 4.52. The Morgan fingerprint density at radius 2 is 2.33 bits per heavy atom. The van der Waals surface area contributed by atoms with Crippen LogP contribution in [0, 0.1) is 0 Å². The minimum absolute atomic E-state index is 0.204. The van der Waals surface area contributed by atoms with Gasteiger partial charge >= 0.3 is 5.97 Å². The van der Waals surface area contributed by atoms with Crippen molar-refractivity contribution in [3.05, 3.63) is 22.4 Å². The van der Waals surface area contributed by atoms with Crippen LogP contribution in [0.15, 0.2) is 17.5 Å². The predicted molar refractivity (Wildman–Crippen MR) is 63.9 cm³/mol. The van der Waals surface area contributed by atoms with Gasteiger partial charge in [0, 0.05) is 4.88 Å². The van der Waals surface area contributed by atoms with E-state index < -0.39 is 18.1 Å². The van der Waals surface area contributed by atoms with E-state index in [1.165, 1.54) is 18.4 Å². The van der Waals surface area contributed by atoms with Gasteiger partial charge in [0.1, 0.15) is 6.04 Å². The standard InChI is InChI=1S/C11H12N2O4S/c1-17-11(16)9-8(10(15)13-9)12-7(14)5-6-3-2-4-18-6/h2-4,8-9H,5H2,1H3,(H,12,14)(H,13,15). The van der Waals surface area contributed by atoms with E-state index in [0.29, 0.717) is 0 Å². The van der Waals surface area contributed by atoms with Crippen LogP contribution in [0.4, 0.5) is 0 Å². The topological polar surface area (TPSA) is 84.5 Å². The Labute approximate surface area is 107 Å². The van der Waals surface area contributed by atoms with Gasteiger partial charge in [0.05, 0.1) is 13.5 Å². The number of hydrogen-bond acceptors (Lipinski definition) is 5. The van der Waals surface area contributed by atoms with E-state index in [-0.39, 0.29) is 18.2 Å². The molecule has 2 rings (SSSR count). The van der Waals surface area contributed by atoms with Gasteiger partial charge in [-0.05, 0) is 11.4 Å². The van der Waals surface area contributed by atoms with E-state index in [1.54, 1.807) is 0 Å². The molecule has 2 atom stereocenters. The average Bonchev–Trinajstić information content (AvgIpc) is 2.85. The van der Waals surface area contributed by atoms with Gasteiger partial charge in [0.2, 0.25) is 11.8 Å². The molecular weight excluding hydrogens is 256 g/mol. The first-order valence-corrected chi connectivity index (χ1v) is 6.19. The summed E-state index contributed by atoms with van der Waals surface area (Å²) in [6.45, 7) is 0. The van der Waals surface area contributed by atoms with Gasteiger partial charge in [-0.15, -0.1) is 11.3 Å². The first-order valence-electron chi connectivity index (χ1n) is 5.32. The van der Waals surface area contributed by atoms with Crippen LogP contribution in [0.3, 0.4) is 0 Å². The molecule has 18 heavy (non-hydrogen) atoms. The maximum atomic E-state index is 11.7. The monoisotopic (exact) mass is 268 g/mol. The summed E-state index contributed by atoms with van der Waals surface area (Å²) in [6.07, 6.45) is 0.204. The Morgan fingerprint density at radius 1 is 1.56 bits per heavy atom. The second-order valence-electron chi connectivity index (χ2n) is 3.81. The highest BCUT2D eigenvalue weighted by atomic mass is 32.1. The number of β-lactam (4-membered cyclic amide) rings is 1. The molecule has 2 amide bonds. The molecule has 6 nitrogen and oxygen atoms in total. The maximum absolute atomic E-state index is 11.7. The summed E-state index contributed by atoms with van der Waals surface area (Å²) in [5.41, 5.74) is 0. The number of methoxy groups -OCH3 is 1. The molecule has 2 unspecified atom stereocenters. The van der Waals surface area contributed by atoms with Gasteiger partial charge in [0.25, 0.3) is 0 Å². The summed E-state index contributed by atoms with van der Waals surface area (Å²) in [5.74, 6) is -1.22. The van der Waals surface area contributed by atoms with Crippen molar-refractivity contribution in [3.8, 4) is 0 Å². The molecule has 0 aliphatic carbocycles. The molecule has 2 N–H and O–H groups in total. The molecule has 1 aliphatic heterocycles. The second-order valence-corrected chi connectivity index (χ2v) is 4.84. The summed E-state index contributed by atoms with van der Waals surface area (Å²) in [6, 6.07) is 2.07. The number of esters is 1. The summed E-state index contributed by atoms with van der Waals surface area (Å²) in [5, 5.41) is 6.78. The Bertz CT molecular complexity index is 471. The van der Waals surface area contributed by atoms with Crippen molar-refractivity contribution in [1.29, 1.82) is 0 Å². The number of ether oxygens (including phenoxy) is 1. The van der Waals surface area contributed by atoms with Crippen molar-refractivity contribution in [2.75, 3.05) is 7.11 Å². The lowest BCUT2D eigenvalue weighted by molar-refractivity contribution is -0.153. The largest absolute Gasteiger partial charge is 0.467 e. The fourth-order valence-electron chi connectivity index (χ4n) is 1.65. The number of nitrogens with one attached hydrogen (secondary N) is 2. The van der Waals surface area contributed by atoms with Gasteiger partial charge in [-0.25, -0.2) is 4.79 Å². The summed E-state index contributed by atoms with van der Waals surface area (Å²) in [7, 11) is 1.23. The zero-order chi connectivity index (χ0) is 13.1. The molecular formula is C11H12N2O4S. The smallest absolute Gasteiger partial charge is 0.331 e. The second kappa shape index (κ2) is 5.18. The van der Waals surface area contributed by atoms with Crippen LogP contribution in [-0.2, 0) is 25.5 Å². The van der Waals surface area contributed by atoms with Crippen molar-refractivity contribution in [1.82, 2.24) is 10.6 Å². The number of thiophene rings is 1. The van der Waals surface area contributed by atoms with Gasteiger partial charge < -0.3 is 15.4 Å². The van der Waals surface area contributed by atoms with Crippen molar-refractivity contribution in [2.24, 2.45) is 0 Å². The highest BCUT2D eigenvalue weighted by Crippen LogP contribution is 2.11. The lowest BCUT2D eigenvalue weighted by Gasteiger charge is -2.34. The molecule has 96 valence electrons. The van der Waals surface area contributed by atoms with Crippen LogP contribution in [0.1, 0.15) is 4.88 Å². The Hall–Kier alpha value is -1.89. The minimum atomic E-state index is -0.829. The third kappa shape index (κ3) is 2.51. The number of carbonyl (C=O) groups excluding carboxylic acids is 3. The van der Waals surface area contributed by atoms with Crippen LogP contribution in [0.5, 0.6) is 0 Å². The maximum Gasteiger partial charge on any atom is 0.331 e. The molecule has 1 saturated heterocycles. The third-order valence-electron chi connectivity index (χ3n) is 2.60. The van der Waals surface area contributed by atoms with E-state index in [2.05, 4.69) is 15.4 Å². The normalized spacial score (nSPS) is 21.7. The van der Waals surface area contributed by atoms with E-state index in [1.807, 2.05) is 17.5 Å². The van der Waals surface area contributed by atoms with Crippen molar-refractivity contribution >= 4 is 29.1 Å². The van der Waals surface area contributed by atoms with Gasteiger partial charge in [-0.2, -0.15) is 0 Å². The lowest BCUT2D eigenvalue weighted by atomic mass is 9.99. The quantitative estimate of drug-likeness (QED) is 0.566. The molecule has 1 aromatic rings. The van der Waals surface area contributed by atoms with E-state index in [4.69, 9.17) is 0 Å². The molecule has 1 fully saturated rings. The first kappa shape index (κ1) is 12.6. The van der Waals surface area contributed by atoms with Crippen LogP contribution < -0.4 is 10.6 Å². The molecule has 2 heterocycles. The molecule has 0 aromatic carbocycles. The number of carbonyl (C=O) groups is 3. The van der Waals surface area contributed by atoms with E-state index in [0.717, 1.165) is 4.88 Å². The van der Waals surface area contributed by atoms with Crippen LogP contribution in [-0.4, -0.2) is 37.0 Å². The molecule has 1 aliphatic rings. The predicted octanol–water partition coefficient (Wildman–Crippen LogP) is -0.553. The zero-order valence-electron chi connectivity index (χ0n) is 9.64. The lowest BCUT2D eigenvalue weighted by Crippen LogP contribution is -2.72. The number of amides is 2. The Balaban J connectivity index is 1.90. The Morgan fingerprint density at radius 3 is 2.89 bits per heavy atom. The highest BCUT2D eigenvalue weighted by molar-refractivity contribution is 7.10. The van der Waals surface area contributed by atoms with Gasteiger partial charge in [0.15, 0.2) is 6.04 Å². The minimum Gasteiger partial charge on any atom is -0.467 e. The average molecular weight is 268 g/mol. The van der Waals surface area contributed by atoms with Crippen molar-refractivity contribution < 1.29 is 19.1 Å². The van der Waals surface area contributed by atoms with Gasteiger partial charge in [-0.1, -0.05) is 6.07 Å². The molecule has 0 spiro atoms. The van der Waals surface area contributed by atoms with Crippen LogP contribution in [0.25, 0.3) is 0 Å². The Kier molecular flexibility index (Phi) is 3.61. The van der Waals surface area contributed by atoms with E-state index in [9.17, 15) is 14.4 Å².